The van der Waals surface area contributed by atoms with Crippen LogP contribution in [0.4, 0.5) is 0 Å². The maximum atomic E-state index is 12.6. The monoisotopic (exact) mass is 255 g/mol. The minimum atomic E-state index is -0.0555. The first-order chi connectivity index (χ1) is 9.26. The van der Waals surface area contributed by atoms with E-state index in [-0.39, 0.29) is 5.43 Å². The number of H-pyrrole nitrogens is 1. The first-order valence-electron chi connectivity index (χ1n) is 5.92. The largest absolute Gasteiger partial charge is 0.496 e. The highest BCUT2D eigenvalue weighted by atomic mass is 16.5. The lowest BCUT2D eigenvalue weighted by Gasteiger charge is -2.10. The number of aromatic nitrogens is 1. The highest BCUT2D eigenvalue weighted by Gasteiger charge is 2.13. The van der Waals surface area contributed by atoms with Gasteiger partial charge in [0.1, 0.15) is 11.5 Å². The summed E-state index contributed by atoms with van der Waals surface area (Å²) in [5.74, 6) is 1.17. The molecule has 3 aromatic rings. The number of hydrogen-bond donors (Lipinski definition) is 1. The van der Waals surface area contributed by atoms with Crippen LogP contribution in [0, 0.1) is 0 Å². The fraction of sp³-hybridized carbons (Fsp3) is 0.133. The van der Waals surface area contributed by atoms with Crippen LogP contribution < -0.4 is 14.9 Å². The van der Waals surface area contributed by atoms with Gasteiger partial charge in [-0.1, -0.05) is 12.1 Å². The third-order valence-electron chi connectivity index (χ3n) is 3.23. The Morgan fingerprint density at radius 2 is 1.63 bits per heavy atom. The Kier molecular flexibility index (Phi) is 2.63. The van der Waals surface area contributed by atoms with Gasteiger partial charge in [0.2, 0.25) is 5.43 Å². The number of fused-ring (bicyclic) bond motifs is 2. The molecule has 0 aliphatic carbocycles. The fourth-order valence-corrected chi connectivity index (χ4v) is 2.31. The van der Waals surface area contributed by atoms with Crippen molar-refractivity contribution in [2.45, 2.75) is 0 Å². The molecule has 0 atom stereocenters. The van der Waals surface area contributed by atoms with Gasteiger partial charge in [0.05, 0.1) is 25.1 Å². The summed E-state index contributed by atoms with van der Waals surface area (Å²) >= 11 is 0. The van der Waals surface area contributed by atoms with Crippen LogP contribution in [-0.2, 0) is 0 Å². The van der Waals surface area contributed by atoms with E-state index in [1.54, 1.807) is 32.4 Å². The number of rotatable bonds is 2. The molecule has 1 N–H and O–H groups in total. The predicted molar refractivity (Wildman–Crippen MR) is 75.2 cm³/mol. The Morgan fingerprint density at radius 3 is 2.37 bits per heavy atom. The zero-order valence-electron chi connectivity index (χ0n) is 10.7. The molecule has 0 fully saturated rings. The molecule has 0 saturated carbocycles. The van der Waals surface area contributed by atoms with Gasteiger partial charge in [0.15, 0.2) is 0 Å². The van der Waals surface area contributed by atoms with Crippen LogP contribution >= 0.6 is 0 Å². The number of pyridine rings is 1. The Morgan fingerprint density at radius 1 is 0.947 bits per heavy atom. The standard InChI is InChI=1S/C15H13NO3/c1-18-11-7-8-12(19-2)14-13(11)15(17)9-5-3-4-6-10(9)16-14/h3-8H,1-2H3,(H,16,17). The second-order valence-corrected chi connectivity index (χ2v) is 4.22. The van der Waals surface area contributed by atoms with Crippen molar-refractivity contribution in [2.24, 2.45) is 0 Å². The summed E-state index contributed by atoms with van der Waals surface area (Å²) in [4.78, 5) is 15.8. The number of para-hydroxylation sites is 1. The van der Waals surface area contributed by atoms with Crippen molar-refractivity contribution in [2.75, 3.05) is 14.2 Å². The number of nitrogens with one attached hydrogen (secondary N) is 1. The van der Waals surface area contributed by atoms with Gasteiger partial charge < -0.3 is 14.5 Å². The van der Waals surface area contributed by atoms with Crippen LogP contribution in [0.3, 0.4) is 0 Å². The summed E-state index contributed by atoms with van der Waals surface area (Å²) < 4.78 is 10.6. The van der Waals surface area contributed by atoms with Gasteiger partial charge in [-0.3, -0.25) is 4.79 Å². The van der Waals surface area contributed by atoms with Crippen molar-refractivity contribution in [3.63, 3.8) is 0 Å². The molecule has 4 heteroatoms. The van der Waals surface area contributed by atoms with Crippen molar-refractivity contribution in [3.8, 4) is 11.5 Å². The summed E-state index contributed by atoms with van der Waals surface area (Å²) in [6.45, 7) is 0. The molecule has 0 radical (unpaired) electrons. The molecule has 19 heavy (non-hydrogen) atoms. The Hall–Kier alpha value is -2.49. The van der Waals surface area contributed by atoms with E-state index in [2.05, 4.69) is 4.98 Å². The van der Waals surface area contributed by atoms with E-state index in [9.17, 15) is 4.79 Å². The fourth-order valence-electron chi connectivity index (χ4n) is 2.31. The Bertz CT molecular complexity index is 821. The van der Waals surface area contributed by atoms with Gasteiger partial charge in [0, 0.05) is 10.9 Å². The topological polar surface area (TPSA) is 51.3 Å². The highest BCUT2D eigenvalue weighted by Crippen LogP contribution is 2.30. The van der Waals surface area contributed by atoms with E-state index >= 15 is 0 Å². The molecule has 1 heterocycles. The van der Waals surface area contributed by atoms with Gasteiger partial charge in [-0.2, -0.15) is 0 Å². The number of aromatic amines is 1. The molecular formula is C15H13NO3. The van der Waals surface area contributed by atoms with E-state index in [0.717, 1.165) is 5.52 Å². The molecule has 4 nitrogen and oxygen atoms in total. The van der Waals surface area contributed by atoms with Crippen molar-refractivity contribution in [3.05, 3.63) is 46.6 Å². The number of hydrogen-bond acceptors (Lipinski definition) is 3. The Labute approximate surface area is 109 Å². The second-order valence-electron chi connectivity index (χ2n) is 4.22. The van der Waals surface area contributed by atoms with E-state index < -0.39 is 0 Å². The van der Waals surface area contributed by atoms with Crippen LogP contribution in [0.25, 0.3) is 21.8 Å². The van der Waals surface area contributed by atoms with Gasteiger partial charge in [-0.25, -0.2) is 0 Å². The summed E-state index contributed by atoms with van der Waals surface area (Å²) in [6, 6.07) is 10.9. The van der Waals surface area contributed by atoms with Crippen molar-refractivity contribution < 1.29 is 9.47 Å². The molecule has 0 bridgehead atoms. The minimum absolute atomic E-state index is 0.0555. The number of ether oxygens (including phenoxy) is 2. The van der Waals surface area contributed by atoms with Gasteiger partial charge in [0.25, 0.3) is 0 Å². The van der Waals surface area contributed by atoms with Crippen LogP contribution in [0.2, 0.25) is 0 Å². The van der Waals surface area contributed by atoms with Crippen LogP contribution in [0.15, 0.2) is 41.2 Å². The first-order valence-corrected chi connectivity index (χ1v) is 5.92. The summed E-state index contributed by atoms with van der Waals surface area (Å²) in [5.41, 5.74) is 1.39. The molecule has 0 spiro atoms. The lowest BCUT2D eigenvalue weighted by atomic mass is 10.1. The SMILES string of the molecule is COc1ccc(OC)c2c(=O)c3ccccc3[nH]c12. The highest BCUT2D eigenvalue weighted by molar-refractivity contribution is 5.98. The normalized spacial score (nSPS) is 10.8. The third-order valence-corrected chi connectivity index (χ3v) is 3.23. The third kappa shape index (κ3) is 1.64. The molecule has 0 saturated heterocycles. The molecule has 0 aliphatic heterocycles. The zero-order valence-corrected chi connectivity index (χ0v) is 10.7. The summed E-state index contributed by atoms with van der Waals surface area (Å²) in [6.07, 6.45) is 0. The van der Waals surface area contributed by atoms with Crippen molar-refractivity contribution in [1.29, 1.82) is 0 Å². The maximum Gasteiger partial charge on any atom is 0.201 e. The molecule has 3 rings (SSSR count). The maximum absolute atomic E-state index is 12.6. The molecule has 0 unspecified atom stereocenters. The van der Waals surface area contributed by atoms with E-state index in [4.69, 9.17) is 9.47 Å². The lowest BCUT2D eigenvalue weighted by molar-refractivity contribution is 0.409. The van der Waals surface area contributed by atoms with E-state index in [1.807, 2.05) is 18.2 Å². The quantitative estimate of drug-likeness (QED) is 0.716. The van der Waals surface area contributed by atoms with E-state index in [1.165, 1.54) is 0 Å². The van der Waals surface area contributed by atoms with E-state index in [0.29, 0.717) is 27.8 Å². The average molecular weight is 255 g/mol. The minimum Gasteiger partial charge on any atom is -0.496 e. The molecular weight excluding hydrogens is 242 g/mol. The number of benzene rings is 2. The van der Waals surface area contributed by atoms with Crippen molar-refractivity contribution >= 4 is 21.8 Å². The average Bonchev–Trinajstić information content (AvgIpc) is 2.46. The predicted octanol–water partition coefficient (Wildman–Crippen LogP) is 2.70. The van der Waals surface area contributed by atoms with Crippen LogP contribution in [0.5, 0.6) is 11.5 Å². The zero-order chi connectivity index (χ0) is 13.4. The summed E-state index contributed by atoms with van der Waals surface area (Å²) in [7, 11) is 3.13. The Balaban J connectivity index is 2.60. The first kappa shape index (κ1) is 11.6. The van der Waals surface area contributed by atoms with Crippen molar-refractivity contribution in [1.82, 2.24) is 4.98 Å². The second kappa shape index (κ2) is 4.31. The molecule has 96 valence electrons. The lowest BCUT2D eigenvalue weighted by Crippen LogP contribution is -2.06. The van der Waals surface area contributed by atoms with Crippen LogP contribution in [0.1, 0.15) is 0 Å². The molecule has 0 amide bonds. The van der Waals surface area contributed by atoms with Gasteiger partial charge in [-0.15, -0.1) is 0 Å². The number of methoxy groups -OCH3 is 2. The molecule has 2 aromatic carbocycles. The summed E-state index contributed by atoms with van der Waals surface area (Å²) in [5, 5.41) is 1.15. The van der Waals surface area contributed by atoms with Crippen LogP contribution in [-0.4, -0.2) is 19.2 Å². The molecule has 0 aliphatic rings. The van der Waals surface area contributed by atoms with Gasteiger partial charge in [-0.05, 0) is 24.3 Å². The smallest absolute Gasteiger partial charge is 0.201 e. The molecule has 1 aromatic heterocycles. The van der Waals surface area contributed by atoms with Gasteiger partial charge >= 0.3 is 0 Å².